The predicted octanol–water partition coefficient (Wildman–Crippen LogP) is 4.71. The highest BCUT2D eigenvalue weighted by molar-refractivity contribution is 6.83. The molecule has 5 nitrogen and oxygen atoms in total. The third kappa shape index (κ3) is 5.66. The minimum absolute atomic E-state index is 0.269. The van der Waals surface area contributed by atoms with E-state index in [2.05, 4.69) is 42.9 Å². The summed E-state index contributed by atoms with van der Waals surface area (Å²) in [6.45, 7) is 21.0. The van der Waals surface area contributed by atoms with Gasteiger partial charge in [-0.25, -0.2) is 4.79 Å². The highest BCUT2D eigenvalue weighted by Crippen LogP contribution is 2.33. The normalized spacial score (nSPS) is 14.8. The summed E-state index contributed by atoms with van der Waals surface area (Å²) in [6.07, 6.45) is 0.680. The number of amides is 1. The Kier molecular flexibility index (Phi) is 7.08. The number of rotatable bonds is 2. The second-order valence-electron chi connectivity index (χ2n) is 10.1. The maximum Gasteiger partial charge on any atom is 0.410 e. The summed E-state index contributed by atoms with van der Waals surface area (Å²) in [5, 5.41) is 0. The summed E-state index contributed by atoms with van der Waals surface area (Å²) in [6, 6.07) is 0. The predicted molar refractivity (Wildman–Crippen MR) is 126 cm³/mol. The number of aldehydes is 1. The second-order valence-corrected chi connectivity index (χ2v) is 14.8. The molecule has 0 spiro atoms. The fourth-order valence-corrected chi connectivity index (χ4v) is 4.25. The van der Waals surface area contributed by atoms with Crippen molar-refractivity contribution >= 4 is 26.1 Å². The maximum absolute atomic E-state index is 12.4. The molecule has 0 atom stereocenters. The first-order valence-electron chi connectivity index (χ1n) is 10.6. The van der Waals surface area contributed by atoms with E-state index in [1.165, 1.54) is 0 Å². The van der Waals surface area contributed by atoms with Crippen LogP contribution < -0.4 is 4.90 Å². The van der Waals surface area contributed by atoms with Crippen molar-refractivity contribution in [3.8, 4) is 11.5 Å². The Labute approximate surface area is 182 Å². The molecule has 1 heterocycles. The van der Waals surface area contributed by atoms with Gasteiger partial charge in [0.2, 0.25) is 0 Å². The Morgan fingerprint density at radius 1 is 1.00 bits per heavy atom. The lowest BCUT2D eigenvalue weighted by atomic mass is 9.91. The van der Waals surface area contributed by atoms with Crippen molar-refractivity contribution in [1.82, 2.24) is 4.90 Å². The van der Waals surface area contributed by atoms with Gasteiger partial charge in [0.1, 0.15) is 13.7 Å². The van der Waals surface area contributed by atoms with Crippen molar-refractivity contribution in [2.75, 3.05) is 31.1 Å². The molecule has 1 fully saturated rings. The summed E-state index contributed by atoms with van der Waals surface area (Å²) >= 11 is 0. The fraction of sp³-hybridized carbons (Fsp3) is 0.583. The van der Waals surface area contributed by atoms with Crippen LogP contribution in [0.3, 0.4) is 0 Å². The van der Waals surface area contributed by atoms with Gasteiger partial charge in [0.05, 0.1) is 0 Å². The van der Waals surface area contributed by atoms with E-state index in [0.29, 0.717) is 26.2 Å². The van der Waals surface area contributed by atoms with Gasteiger partial charge in [0.15, 0.2) is 6.29 Å². The maximum atomic E-state index is 12.4. The molecule has 1 aliphatic rings. The molecule has 0 bridgehead atoms. The average Bonchev–Trinajstić information content (AvgIpc) is 2.60. The van der Waals surface area contributed by atoms with Gasteiger partial charge in [0, 0.05) is 43.0 Å². The van der Waals surface area contributed by atoms with Crippen LogP contribution in [0.1, 0.15) is 53.4 Å². The quantitative estimate of drug-likeness (QED) is 0.389. The Hall–Kier alpha value is -2.26. The zero-order chi connectivity index (χ0) is 22.9. The number of hydrogen-bond donors (Lipinski definition) is 0. The van der Waals surface area contributed by atoms with Gasteiger partial charge in [-0.2, -0.15) is 0 Å². The van der Waals surface area contributed by atoms with E-state index in [-0.39, 0.29) is 6.09 Å². The third-order valence-corrected chi connectivity index (χ3v) is 6.07. The molecule has 30 heavy (non-hydrogen) atoms. The van der Waals surface area contributed by atoms with E-state index in [9.17, 15) is 9.59 Å². The zero-order valence-corrected chi connectivity index (χ0v) is 21.0. The molecule has 0 unspecified atom stereocenters. The number of carbonyl (C=O) groups excluding carboxylic acids is 2. The van der Waals surface area contributed by atoms with Crippen molar-refractivity contribution < 1.29 is 14.3 Å². The molecule has 1 amide bonds. The van der Waals surface area contributed by atoms with Crippen molar-refractivity contribution in [2.24, 2.45) is 0 Å². The molecule has 0 aliphatic carbocycles. The first kappa shape index (κ1) is 24.0. The summed E-state index contributed by atoms with van der Waals surface area (Å²) in [7, 11) is -1.55. The van der Waals surface area contributed by atoms with Gasteiger partial charge < -0.3 is 14.5 Å². The average molecular weight is 429 g/mol. The van der Waals surface area contributed by atoms with Crippen molar-refractivity contribution in [3.05, 3.63) is 27.8 Å². The fourth-order valence-electron chi connectivity index (χ4n) is 3.75. The van der Waals surface area contributed by atoms with E-state index in [1.54, 1.807) is 4.90 Å². The molecule has 1 aliphatic heterocycles. The number of carbonyl (C=O) groups is 2. The minimum Gasteiger partial charge on any atom is -0.444 e. The molecule has 2 rings (SSSR count). The van der Waals surface area contributed by atoms with E-state index < -0.39 is 13.7 Å². The first-order valence-corrected chi connectivity index (χ1v) is 14.1. The van der Waals surface area contributed by atoms with Crippen molar-refractivity contribution in [2.45, 2.75) is 66.8 Å². The number of ether oxygens (including phenoxy) is 1. The van der Waals surface area contributed by atoms with Crippen LogP contribution in [0.2, 0.25) is 19.6 Å². The molecule has 0 aromatic heterocycles. The SMILES string of the molecule is Cc1c(C#C[Si](C)(C)C)c(C)c(N2CCN(C(=O)OC(C)(C)C)CC2)c(C)c1C=O. The summed E-state index contributed by atoms with van der Waals surface area (Å²) in [5.41, 5.74) is 8.79. The van der Waals surface area contributed by atoms with Crippen LogP contribution in [-0.2, 0) is 4.74 Å². The number of anilines is 1. The number of hydrogen-bond acceptors (Lipinski definition) is 4. The second kappa shape index (κ2) is 8.85. The Bertz CT molecular complexity index is 890. The number of nitrogens with zero attached hydrogens (tertiary/aromatic N) is 2. The summed E-state index contributed by atoms with van der Waals surface area (Å²) in [5.74, 6) is 3.40. The van der Waals surface area contributed by atoms with E-state index in [4.69, 9.17) is 4.74 Å². The zero-order valence-electron chi connectivity index (χ0n) is 20.0. The van der Waals surface area contributed by atoms with Crippen LogP contribution in [0.15, 0.2) is 0 Å². The number of piperazine rings is 1. The van der Waals surface area contributed by atoms with E-state index in [1.807, 2.05) is 34.6 Å². The Morgan fingerprint density at radius 2 is 1.57 bits per heavy atom. The Balaban J connectivity index is 2.37. The largest absolute Gasteiger partial charge is 0.444 e. The summed E-state index contributed by atoms with van der Waals surface area (Å²) < 4.78 is 5.51. The van der Waals surface area contributed by atoms with Gasteiger partial charge in [-0.05, 0) is 58.2 Å². The van der Waals surface area contributed by atoms with E-state index in [0.717, 1.165) is 39.8 Å². The summed E-state index contributed by atoms with van der Waals surface area (Å²) in [4.78, 5) is 28.3. The van der Waals surface area contributed by atoms with Gasteiger partial charge in [-0.1, -0.05) is 25.6 Å². The standard InChI is InChI=1S/C24H36N2O3Si/c1-17-20(10-15-30(7,8)9)18(2)22(19(3)21(17)16-27)25-11-13-26(14-12-25)23(28)29-24(4,5)6/h16H,11-14H2,1-9H3. The molecular weight excluding hydrogens is 392 g/mol. The van der Waals surface area contributed by atoms with Crippen LogP contribution in [0.5, 0.6) is 0 Å². The molecule has 0 saturated carbocycles. The van der Waals surface area contributed by atoms with Crippen LogP contribution >= 0.6 is 0 Å². The van der Waals surface area contributed by atoms with E-state index >= 15 is 0 Å². The lowest BCUT2D eigenvalue weighted by Crippen LogP contribution is -2.50. The van der Waals surface area contributed by atoms with Crippen LogP contribution in [0.4, 0.5) is 10.5 Å². The minimum atomic E-state index is -1.55. The van der Waals surface area contributed by atoms with Crippen molar-refractivity contribution in [3.63, 3.8) is 0 Å². The first-order chi connectivity index (χ1) is 13.7. The van der Waals surface area contributed by atoms with Gasteiger partial charge >= 0.3 is 6.09 Å². The molecular formula is C24H36N2O3Si. The van der Waals surface area contributed by atoms with Crippen LogP contribution in [-0.4, -0.2) is 57.1 Å². The number of benzene rings is 1. The Morgan fingerprint density at radius 3 is 2.03 bits per heavy atom. The lowest BCUT2D eigenvalue weighted by molar-refractivity contribution is 0.0240. The highest BCUT2D eigenvalue weighted by Gasteiger charge is 2.28. The van der Waals surface area contributed by atoms with Gasteiger partial charge in [-0.3, -0.25) is 4.79 Å². The van der Waals surface area contributed by atoms with Crippen LogP contribution in [0.25, 0.3) is 0 Å². The highest BCUT2D eigenvalue weighted by atomic mass is 28.3. The van der Waals surface area contributed by atoms with Crippen LogP contribution in [0, 0.1) is 32.2 Å². The monoisotopic (exact) mass is 428 g/mol. The molecule has 164 valence electrons. The lowest BCUT2D eigenvalue weighted by Gasteiger charge is -2.38. The van der Waals surface area contributed by atoms with Crippen molar-refractivity contribution in [1.29, 1.82) is 0 Å². The molecule has 0 radical (unpaired) electrons. The smallest absolute Gasteiger partial charge is 0.410 e. The third-order valence-electron chi connectivity index (χ3n) is 5.20. The molecule has 1 aromatic carbocycles. The molecule has 1 aromatic rings. The molecule has 1 saturated heterocycles. The molecule has 0 N–H and O–H groups in total. The van der Waals surface area contributed by atoms with Gasteiger partial charge in [0.25, 0.3) is 0 Å². The van der Waals surface area contributed by atoms with Gasteiger partial charge in [-0.15, -0.1) is 5.54 Å². The topological polar surface area (TPSA) is 49.9 Å². The molecule has 6 heteroatoms.